The number of rotatable bonds is 3. The van der Waals surface area contributed by atoms with E-state index in [-0.39, 0.29) is 5.78 Å². The molecule has 1 fully saturated rings. The quantitative estimate of drug-likeness (QED) is 0.701. The summed E-state index contributed by atoms with van der Waals surface area (Å²) in [5, 5.41) is 1.41. The van der Waals surface area contributed by atoms with Gasteiger partial charge in [-0.15, -0.1) is 0 Å². The summed E-state index contributed by atoms with van der Waals surface area (Å²) in [4.78, 5) is 11.4. The summed E-state index contributed by atoms with van der Waals surface area (Å²) in [6.07, 6.45) is 8.69. The molecule has 1 aliphatic rings. The molecule has 1 rings (SSSR count). The average molecular weight is 232 g/mol. The van der Waals surface area contributed by atoms with Crippen molar-refractivity contribution in [2.45, 2.75) is 46.0 Å². The standard InChI is InChI=1S/C10H18O2S.C2H6/c1-13(2,12)8-10(11)7-9-5-3-4-6-9;1-2/h8-9H,3-7H2,1-2H3;1-2H3. The fourth-order valence-electron chi connectivity index (χ4n) is 1.86. The maximum Gasteiger partial charge on any atom is 0.163 e. The third-order valence-electron chi connectivity index (χ3n) is 2.38. The highest BCUT2D eigenvalue weighted by molar-refractivity contribution is 8.01. The summed E-state index contributed by atoms with van der Waals surface area (Å²) in [6.45, 7) is 4.00. The minimum Gasteiger partial charge on any atom is -0.294 e. The predicted octanol–water partition coefficient (Wildman–Crippen LogP) is 2.51. The van der Waals surface area contributed by atoms with Crippen LogP contribution in [0.15, 0.2) is 0 Å². The van der Waals surface area contributed by atoms with Gasteiger partial charge in [0.05, 0.1) is 0 Å². The van der Waals surface area contributed by atoms with Gasteiger partial charge in [-0.3, -0.25) is 9.00 Å². The van der Waals surface area contributed by atoms with Crippen LogP contribution in [-0.2, 0) is 14.3 Å². The van der Waals surface area contributed by atoms with Crippen LogP contribution in [0.3, 0.4) is 0 Å². The van der Waals surface area contributed by atoms with Crippen LogP contribution in [0, 0.1) is 5.92 Å². The fraction of sp³-hybridized carbons (Fsp3) is 0.833. The third kappa shape index (κ3) is 7.60. The van der Waals surface area contributed by atoms with Crippen molar-refractivity contribution in [3.05, 3.63) is 0 Å². The zero-order valence-electron chi connectivity index (χ0n) is 10.4. The summed E-state index contributed by atoms with van der Waals surface area (Å²) >= 11 is 0. The molecule has 0 heterocycles. The van der Waals surface area contributed by atoms with Crippen molar-refractivity contribution >= 4 is 20.7 Å². The van der Waals surface area contributed by atoms with Crippen LogP contribution < -0.4 is 0 Å². The van der Waals surface area contributed by atoms with Crippen molar-refractivity contribution in [1.82, 2.24) is 0 Å². The molecule has 0 aromatic carbocycles. The molecule has 0 bridgehead atoms. The molecular formula is C12H24O2S. The highest BCUT2D eigenvalue weighted by Crippen LogP contribution is 2.27. The molecule has 15 heavy (non-hydrogen) atoms. The Morgan fingerprint density at radius 2 is 1.73 bits per heavy atom. The molecule has 0 atom stereocenters. The molecule has 0 radical (unpaired) electrons. The maximum absolute atomic E-state index is 11.4. The van der Waals surface area contributed by atoms with Gasteiger partial charge < -0.3 is 0 Å². The van der Waals surface area contributed by atoms with Crippen LogP contribution in [0.4, 0.5) is 0 Å². The first-order chi connectivity index (χ1) is 6.97. The van der Waals surface area contributed by atoms with Gasteiger partial charge in [0.15, 0.2) is 5.78 Å². The number of carbonyl (C=O) groups is 1. The van der Waals surface area contributed by atoms with E-state index in [0.717, 1.165) is 0 Å². The summed E-state index contributed by atoms with van der Waals surface area (Å²) in [5.41, 5.74) is 0. The van der Waals surface area contributed by atoms with Crippen molar-refractivity contribution in [3.63, 3.8) is 0 Å². The lowest BCUT2D eigenvalue weighted by Crippen LogP contribution is -2.11. The molecule has 0 unspecified atom stereocenters. The van der Waals surface area contributed by atoms with Gasteiger partial charge in [-0.2, -0.15) is 0 Å². The van der Waals surface area contributed by atoms with Crippen molar-refractivity contribution in [3.8, 4) is 0 Å². The highest BCUT2D eigenvalue weighted by Gasteiger charge is 2.17. The van der Waals surface area contributed by atoms with Crippen LogP contribution in [0.5, 0.6) is 0 Å². The van der Waals surface area contributed by atoms with Crippen molar-refractivity contribution < 1.29 is 9.00 Å². The van der Waals surface area contributed by atoms with Crippen LogP contribution in [0.1, 0.15) is 46.0 Å². The molecule has 0 saturated heterocycles. The van der Waals surface area contributed by atoms with E-state index >= 15 is 0 Å². The first-order valence-corrected chi connectivity index (χ1v) is 8.23. The van der Waals surface area contributed by atoms with Gasteiger partial charge in [0, 0.05) is 24.3 Å². The monoisotopic (exact) mass is 232 g/mol. The molecule has 3 heteroatoms. The number of carbonyl (C=O) groups excluding carboxylic acids is 1. The second kappa shape index (κ2) is 7.04. The molecule has 1 saturated carbocycles. The zero-order chi connectivity index (χ0) is 11.9. The normalized spacial score (nSPS) is 16.8. The van der Waals surface area contributed by atoms with Gasteiger partial charge >= 0.3 is 0 Å². The van der Waals surface area contributed by atoms with Gasteiger partial charge in [-0.05, 0) is 15.4 Å². The molecule has 0 aromatic heterocycles. The molecule has 0 amide bonds. The average Bonchev–Trinajstić information content (AvgIpc) is 2.57. The van der Waals surface area contributed by atoms with Gasteiger partial charge in [0.2, 0.25) is 0 Å². The van der Waals surface area contributed by atoms with Gasteiger partial charge in [0.25, 0.3) is 0 Å². The third-order valence-corrected chi connectivity index (χ3v) is 3.21. The summed E-state index contributed by atoms with van der Waals surface area (Å²) in [7, 11) is -1.99. The van der Waals surface area contributed by atoms with E-state index < -0.39 is 9.52 Å². The van der Waals surface area contributed by atoms with Crippen molar-refractivity contribution in [2.24, 2.45) is 5.92 Å². The van der Waals surface area contributed by atoms with Crippen LogP contribution in [0.2, 0.25) is 0 Å². The van der Waals surface area contributed by atoms with Crippen LogP contribution >= 0.6 is 0 Å². The molecule has 2 nitrogen and oxygen atoms in total. The van der Waals surface area contributed by atoms with E-state index in [2.05, 4.69) is 0 Å². The number of Topliss-reactive ketones (excluding diaryl/α,β-unsaturated/α-hetero) is 1. The van der Waals surface area contributed by atoms with Gasteiger partial charge in [0.1, 0.15) is 0 Å². The Labute approximate surface area is 94.5 Å². The number of hydrogen-bond donors (Lipinski definition) is 0. The molecule has 0 spiro atoms. The number of hydrogen-bond acceptors (Lipinski definition) is 2. The minimum atomic E-state index is -1.99. The van der Waals surface area contributed by atoms with E-state index in [9.17, 15) is 9.00 Å². The second-order valence-electron chi connectivity index (χ2n) is 4.25. The summed E-state index contributed by atoms with van der Waals surface area (Å²) in [5.74, 6) is 0.632. The van der Waals surface area contributed by atoms with Crippen molar-refractivity contribution in [2.75, 3.05) is 12.5 Å². The predicted molar refractivity (Wildman–Crippen MR) is 69.0 cm³/mol. The van der Waals surface area contributed by atoms with E-state index in [1.165, 1.54) is 31.1 Å². The smallest absolute Gasteiger partial charge is 0.163 e. The Bertz CT molecular complexity index is 285. The van der Waals surface area contributed by atoms with Gasteiger partial charge in [-0.25, -0.2) is 0 Å². The van der Waals surface area contributed by atoms with E-state index in [4.69, 9.17) is 0 Å². The second-order valence-corrected chi connectivity index (χ2v) is 7.10. The fourth-order valence-corrected chi connectivity index (χ4v) is 2.59. The lowest BCUT2D eigenvalue weighted by molar-refractivity contribution is -0.113. The largest absolute Gasteiger partial charge is 0.294 e. The highest BCUT2D eigenvalue weighted by atomic mass is 32.2. The SMILES string of the molecule is CC.CS(C)(=O)=CC(=O)CC1CCCC1. The minimum absolute atomic E-state index is 0.0712. The molecule has 1 aliphatic carbocycles. The van der Waals surface area contributed by atoms with Crippen molar-refractivity contribution in [1.29, 1.82) is 0 Å². The Morgan fingerprint density at radius 1 is 1.27 bits per heavy atom. The first kappa shape index (κ1) is 14.7. The molecule has 0 N–H and O–H groups in total. The Balaban J connectivity index is 0.000000921. The van der Waals surface area contributed by atoms with E-state index in [0.29, 0.717) is 12.3 Å². The number of ketones is 1. The molecular weight excluding hydrogens is 208 g/mol. The lowest BCUT2D eigenvalue weighted by atomic mass is 10.0. The zero-order valence-corrected chi connectivity index (χ0v) is 11.2. The Morgan fingerprint density at radius 3 is 2.13 bits per heavy atom. The topological polar surface area (TPSA) is 34.1 Å². The van der Waals surface area contributed by atoms with E-state index in [1.54, 1.807) is 12.5 Å². The summed E-state index contributed by atoms with van der Waals surface area (Å²) < 4.78 is 11.3. The molecule has 90 valence electrons. The Kier molecular flexibility index (Phi) is 6.90. The molecule has 0 aromatic rings. The van der Waals surface area contributed by atoms with Crippen LogP contribution in [-0.4, -0.2) is 27.9 Å². The lowest BCUT2D eigenvalue weighted by Gasteiger charge is -2.04. The molecule has 0 aliphatic heterocycles. The Hall–Kier alpha value is -0.310. The van der Waals surface area contributed by atoms with Gasteiger partial charge in [-0.1, -0.05) is 39.5 Å². The van der Waals surface area contributed by atoms with Crippen LogP contribution in [0.25, 0.3) is 0 Å². The first-order valence-electron chi connectivity index (χ1n) is 5.79. The maximum atomic E-state index is 11.4. The van der Waals surface area contributed by atoms with E-state index in [1.807, 2.05) is 13.8 Å². The summed E-state index contributed by atoms with van der Waals surface area (Å²) in [6, 6.07) is 0.